The summed E-state index contributed by atoms with van der Waals surface area (Å²) in [7, 11) is 3.98. The molecule has 6 aromatic rings. The number of aromatic nitrogens is 7. The van der Waals surface area contributed by atoms with E-state index in [1.807, 2.05) is 52.2 Å². The minimum atomic E-state index is -0.361. The van der Waals surface area contributed by atoms with Crippen LogP contribution in [0.5, 0.6) is 0 Å². The fraction of sp³-hybridized carbons (Fsp3) is 0.226. The molecule has 0 saturated carbocycles. The summed E-state index contributed by atoms with van der Waals surface area (Å²) in [4.78, 5) is 35.9. The average Bonchev–Trinajstić information content (AvgIpc) is 3.60. The zero-order valence-corrected chi connectivity index (χ0v) is 24.2. The molecule has 5 aromatic heterocycles. The van der Waals surface area contributed by atoms with Crippen LogP contribution in [0.1, 0.15) is 13.8 Å². The molecule has 0 saturated heterocycles. The molecule has 0 unspecified atom stereocenters. The zero-order chi connectivity index (χ0) is 30.1. The van der Waals surface area contributed by atoms with E-state index in [9.17, 15) is 9.18 Å². The number of imidazole rings is 1. The number of H-pyrrole nitrogens is 2. The second-order valence-electron chi connectivity index (χ2n) is 10.9. The predicted molar refractivity (Wildman–Crippen MR) is 166 cm³/mol. The second kappa shape index (κ2) is 11.6. The van der Waals surface area contributed by atoms with Crippen LogP contribution in [0.3, 0.4) is 0 Å². The van der Waals surface area contributed by atoms with Crippen molar-refractivity contribution in [3.8, 4) is 33.9 Å². The van der Waals surface area contributed by atoms with Gasteiger partial charge in [-0.1, -0.05) is 13.8 Å². The lowest BCUT2D eigenvalue weighted by Gasteiger charge is -2.12. The maximum absolute atomic E-state index is 14.7. The molecule has 0 aliphatic rings. The van der Waals surface area contributed by atoms with Crippen LogP contribution in [-0.4, -0.2) is 73.1 Å². The monoisotopic (exact) mass is 578 g/mol. The number of hydrogen-bond donors (Lipinski definition) is 4. The number of carbonyl (C=O) groups excluding carboxylic acids is 1. The van der Waals surface area contributed by atoms with Crippen LogP contribution in [0.25, 0.3) is 56.0 Å². The van der Waals surface area contributed by atoms with Crippen LogP contribution in [0.15, 0.2) is 61.2 Å². The van der Waals surface area contributed by atoms with E-state index in [1.165, 1.54) is 12.1 Å². The number of pyridine rings is 3. The molecule has 0 spiro atoms. The van der Waals surface area contributed by atoms with Crippen molar-refractivity contribution in [1.29, 1.82) is 0 Å². The lowest BCUT2D eigenvalue weighted by atomic mass is 10.1. The molecule has 0 atom stereocenters. The van der Waals surface area contributed by atoms with Gasteiger partial charge in [0.05, 0.1) is 28.5 Å². The largest absolute Gasteiger partial charge is 0.384 e. The quantitative estimate of drug-likeness (QED) is 0.180. The molecule has 5 heterocycles. The first kappa shape index (κ1) is 27.9. The van der Waals surface area contributed by atoms with Crippen molar-refractivity contribution >= 4 is 39.3 Å². The topological polar surface area (TPSA) is 140 Å². The SMILES string of the molecule is CC(C)C(=O)Nc1cncc(-c2cnc3n[nH]c(-c4nc5c(-c6cc(F)cc(NCCN(C)C)c6)nccc5[nH]4)c3c2)c1. The van der Waals surface area contributed by atoms with Crippen molar-refractivity contribution in [3.63, 3.8) is 0 Å². The van der Waals surface area contributed by atoms with E-state index in [1.54, 1.807) is 24.8 Å². The third-order valence-electron chi connectivity index (χ3n) is 6.97. The minimum absolute atomic E-state index is 0.0848. The lowest BCUT2D eigenvalue weighted by Crippen LogP contribution is -2.20. The number of anilines is 2. The van der Waals surface area contributed by atoms with Gasteiger partial charge in [-0.25, -0.2) is 14.4 Å². The summed E-state index contributed by atoms with van der Waals surface area (Å²) in [6.07, 6.45) is 6.72. The number of nitrogens with one attached hydrogen (secondary N) is 4. The van der Waals surface area contributed by atoms with E-state index >= 15 is 0 Å². The Labute approximate surface area is 247 Å². The van der Waals surface area contributed by atoms with Gasteiger partial charge in [0.2, 0.25) is 5.91 Å². The van der Waals surface area contributed by atoms with E-state index in [2.05, 4.69) is 45.7 Å². The molecule has 1 amide bonds. The summed E-state index contributed by atoms with van der Waals surface area (Å²) >= 11 is 0. The number of hydrogen-bond acceptors (Lipinski definition) is 8. The fourth-order valence-corrected chi connectivity index (χ4v) is 4.71. The van der Waals surface area contributed by atoms with E-state index < -0.39 is 0 Å². The molecule has 6 rings (SSSR count). The van der Waals surface area contributed by atoms with Crippen molar-refractivity contribution in [2.24, 2.45) is 5.92 Å². The fourth-order valence-electron chi connectivity index (χ4n) is 4.71. The number of carbonyl (C=O) groups is 1. The van der Waals surface area contributed by atoms with Crippen molar-refractivity contribution in [2.45, 2.75) is 13.8 Å². The highest BCUT2D eigenvalue weighted by Crippen LogP contribution is 2.33. The minimum Gasteiger partial charge on any atom is -0.384 e. The second-order valence-corrected chi connectivity index (χ2v) is 10.9. The predicted octanol–water partition coefficient (Wildman–Crippen LogP) is 5.33. The van der Waals surface area contributed by atoms with Crippen LogP contribution in [-0.2, 0) is 4.79 Å². The first-order valence-electron chi connectivity index (χ1n) is 13.9. The van der Waals surface area contributed by atoms with E-state index in [-0.39, 0.29) is 17.6 Å². The van der Waals surface area contributed by atoms with Gasteiger partial charge in [-0.05, 0) is 50.5 Å². The van der Waals surface area contributed by atoms with Crippen LogP contribution in [0.4, 0.5) is 15.8 Å². The van der Waals surface area contributed by atoms with Gasteiger partial charge in [0.25, 0.3) is 0 Å². The Bertz CT molecular complexity index is 1940. The summed E-state index contributed by atoms with van der Waals surface area (Å²) in [5.41, 5.74) is 6.57. The van der Waals surface area contributed by atoms with Crippen molar-refractivity contribution in [3.05, 3.63) is 67.0 Å². The Balaban J connectivity index is 1.36. The molecule has 218 valence electrons. The zero-order valence-electron chi connectivity index (χ0n) is 24.2. The number of rotatable bonds is 9. The summed E-state index contributed by atoms with van der Waals surface area (Å²) in [5, 5.41) is 14.3. The number of amides is 1. The van der Waals surface area contributed by atoms with Crippen molar-refractivity contribution in [2.75, 3.05) is 37.8 Å². The summed E-state index contributed by atoms with van der Waals surface area (Å²) in [5.74, 6) is -0.0525. The molecule has 0 radical (unpaired) electrons. The van der Waals surface area contributed by atoms with Crippen molar-refractivity contribution < 1.29 is 9.18 Å². The van der Waals surface area contributed by atoms with Gasteiger partial charge in [-0.15, -0.1) is 0 Å². The van der Waals surface area contributed by atoms with Gasteiger partial charge in [0, 0.05) is 60.0 Å². The first-order chi connectivity index (χ1) is 20.7. The lowest BCUT2D eigenvalue weighted by molar-refractivity contribution is -0.118. The first-order valence-corrected chi connectivity index (χ1v) is 13.9. The number of benzene rings is 1. The molecule has 0 aliphatic heterocycles. The van der Waals surface area contributed by atoms with Gasteiger partial charge in [0.15, 0.2) is 11.5 Å². The molecular formula is C31H31FN10O. The number of halogens is 1. The van der Waals surface area contributed by atoms with Crippen molar-refractivity contribution in [1.82, 2.24) is 40.0 Å². The highest BCUT2D eigenvalue weighted by molar-refractivity contribution is 5.97. The van der Waals surface area contributed by atoms with E-state index in [4.69, 9.17) is 4.98 Å². The smallest absolute Gasteiger partial charge is 0.226 e. The summed E-state index contributed by atoms with van der Waals surface area (Å²) < 4.78 is 14.7. The maximum Gasteiger partial charge on any atom is 0.226 e. The van der Waals surface area contributed by atoms with Gasteiger partial charge in [-0.3, -0.25) is 19.9 Å². The average molecular weight is 579 g/mol. The van der Waals surface area contributed by atoms with Crippen LogP contribution < -0.4 is 10.6 Å². The highest BCUT2D eigenvalue weighted by atomic mass is 19.1. The van der Waals surface area contributed by atoms with Crippen LogP contribution in [0, 0.1) is 11.7 Å². The van der Waals surface area contributed by atoms with Crippen LogP contribution in [0.2, 0.25) is 0 Å². The molecule has 0 aliphatic carbocycles. The van der Waals surface area contributed by atoms with E-state index in [0.29, 0.717) is 51.9 Å². The van der Waals surface area contributed by atoms with Crippen LogP contribution >= 0.6 is 0 Å². The summed E-state index contributed by atoms with van der Waals surface area (Å²) in [6, 6.07) is 10.5. The molecule has 0 fully saturated rings. The third kappa shape index (κ3) is 5.90. The van der Waals surface area contributed by atoms with Gasteiger partial charge < -0.3 is 20.5 Å². The highest BCUT2D eigenvalue weighted by Gasteiger charge is 2.18. The molecule has 11 nitrogen and oxygen atoms in total. The third-order valence-corrected chi connectivity index (χ3v) is 6.97. The number of fused-ring (bicyclic) bond motifs is 2. The molecular weight excluding hydrogens is 547 g/mol. The molecule has 0 bridgehead atoms. The molecule has 4 N–H and O–H groups in total. The number of aromatic amines is 2. The Kier molecular flexibility index (Phi) is 7.51. The number of nitrogens with zero attached hydrogens (tertiary/aromatic N) is 6. The van der Waals surface area contributed by atoms with Gasteiger partial charge >= 0.3 is 0 Å². The molecule has 43 heavy (non-hydrogen) atoms. The molecule has 12 heteroatoms. The Morgan fingerprint density at radius 2 is 1.81 bits per heavy atom. The standard InChI is InChI=1S/C31H31FN10O/c1-17(2)31(43)37-23-11-19(14-33-16-23)20-12-24-27(40-41-29(24)36-15-20)30-38-25-5-6-35-26(28(25)39-30)18-9-21(32)13-22(10-18)34-7-8-42(3)4/h5-6,9-17,34H,7-8H2,1-4H3,(H,37,43)(H,38,39)(H,36,40,41). The van der Waals surface area contributed by atoms with E-state index in [0.717, 1.165) is 28.6 Å². The Morgan fingerprint density at radius 3 is 2.63 bits per heavy atom. The Hall–Kier alpha value is -5.23. The number of likely N-dealkylation sites (N-methyl/N-ethyl adjacent to an activating group) is 1. The van der Waals surface area contributed by atoms with Gasteiger partial charge in [0.1, 0.15) is 17.0 Å². The maximum atomic E-state index is 14.7. The normalized spacial score (nSPS) is 11.6. The van der Waals surface area contributed by atoms with Gasteiger partial charge in [-0.2, -0.15) is 5.10 Å². The molecule has 1 aromatic carbocycles. The summed E-state index contributed by atoms with van der Waals surface area (Å²) in [6.45, 7) is 5.16. The Morgan fingerprint density at radius 1 is 1.00 bits per heavy atom.